The summed E-state index contributed by atoms with van der Waals surface area (Å²) in [7, 11) is 3.77. The summed E-state index contributed by atoms with van der Waals surface area (Å²) >= 11 is 0. The quantitative estimate of drug-likeness (QED) is 0.692. The highest BCUT2D eigenvalue weighted by molar-refractivity contribution is 5.91. The van der Waals surface area contributed by atoms with Crippen LogP contribution in [0.5, 0.6) is 0 Å². The molecule has 2 aliphatic heterocycles. The minimum atomic E-state index is -0.572. The molecule has 0 aromatic heterocycles. The number of rotatable bonds is 3. The predicted octanol–water partition coefficient (Wildman–Crippen LogP) is -0.262. The molecular weight excluding hydrogens is 246 g/mol. The topological polar surface area (TPSA) is 70.7 Å². The van der Waals surface area contributed by atoms with Crippen molar-refractivity contribution in [2.45, 2.75) is 38.3 Å². The van der Waals surface area contributed by atoms with Crippen molar-refractivity contribution in [3.8, 4) is 0 Å². The van der Waals surface area contributed by atoms with Gasteiger partial charge >= 0.3 is 5.97 Å². The lowest BCUT2D eigenvalue weighted by Crippen LogP contribution is -2.59. The fourth-order valence-corrected chi connectivity index (χ4v) is 2.43. The van der Waals surface area contributed by atoms with Crippen molar-refractivity contribution < 1.29 is 14.3 Å². The second-order valence-electron chi connectivity index (χ2n) is 4.80. The molecule has 2 fully saturated rings. The third-order valence-corrected chi connectivity index (χ3v) is 3.61. The highest BCUT2D eigenvalue weighted by Gasteiger charge is 2.44. The maximum absolute atomic E-state index is 12.2. The Labute approximate surface area is 114 Å². The van der Waals surface area contributed by atoms with Gasteiger partial charge < -0.3 is 20.3 Å². The molecule has 1 amide bonds. The lowest BCUT2D eigenvalue weighted by molar-refractivity contribution is -0.142. The lowest BCUT2D eigenvalue weighted by atomic mass is 9.97. The normalized spacial score (nSPS) is 30.5. The summed E-state index contributed by atoms with van der Waals surface area (Å²) in [6.07, 6.45) is 1.33. The van der Waals surface area contributed by atoms with Crippen LogP contribution < -0.4 is 10.6 Å². The van der Waals surface area contributed by atoms with E-state index in [1.165, 1.54) is 0 Å². The van der Waals surface area contributed by atoms with Crippen LogP contribution in [0.1, 0.15) is 26.7 Å². The largest absolute Gasteiger partial charge is 0.464 e. The Kier molecular flexibility index (Phi) is 5.75. The van der Waals surface area contributed by atoms with E-state index in [1.807, 2.05) is 20.9 Å². The van der Waals surface area contributed by atoms with Crippen LogP contribution in [-0.4, -0.2) is 62.1 Å². The molecule has 6 heteroatoms. The van der Waals surface area contributed by atoms with Crippen LogP contribution in [0.4, 0.5) is 0 Å². The minimum absolute atomic E-state index is 0.104. The number of likely N-dealkylation sites (tertiary alicyclic amines) is 1. The predicted molar refractivity (Wildman–Crippen MR) is 72.8 cm³/mol. The number of likely N-dealkylation sites (N-methyl/N-ethyl adjacent to an activating group) is 2. The van der Waals surface area contributed by atoms with E-state index in [0.29, 0.717) is 19.6 Å². The number of nitrogens with zero attached hydrogens (tertiary/aromatic N) is 1. The minimum Gasteiger partial charge on any atom is -0.464 e. The van der Waals surface area contributed by atoms with Gasteiger partial charge in [0.1, 0.15) is 11.6 Å². The first-order valence-electron chi connectivity index (χ1n) is 6.92. The molecule has 2 aliphatic rings. The number of nitrogens with one attached hydrogen (secondary N) is 2. The molecule has 2 unspecified atom stereocenters. The molecule has 19 heavy (non-hydrogen) atoms. The first-order valence-corrected chi connectivity index (χ1v) is 6.92. The smallest absolute Gasteiger partial charge is 0.328 e. The summed E-state index contributed by atoms with van der Waals surface area (Å²) in [6.45, 7) is 5.94. The second-order valence-corrected chi connectivity index (χ2v) is 4.80. The monoisotopic (exact) mass is 271 g/mol. The van der Waals surface area contributed by atoms with E-state index in [-0.39, 0.29) is 11.9 Å². The fraction of sp³-hybridized carbons (Fsp3) is 0.846. The van der Waals surface area contributed by atoms with Gasteiger partial charge in [0.05, 0.1) is 6.61 Å². The zero-order valence-corrected chi connectivity index (χ0v) is 12.3. The van der Waals surface area contributed by atoms with Crippen molar-refractivity contribution in [3.05, 3.63) is 0 Å². The molecule has 0 aromatic rings. The number of esters is 1. The van der Waals surface area contributed by atoms with Gasteiger partial charge in [-0.3, -0.25) is 4.79 Å². The van der Waals surface area contributed by atoms with Crippen LogP contribution in [0, 0.1) is 0 Å². The van der Waals surface area contributed by atoms with E-state index in [9.17, 15) is 9.59 Å². The van der Waals surface area contributed by atoms with Crippen LogP contribution >= 0.6 is 0 Å². The molecule has 2 saturated heterocycles. The summed E-state index contributed by atoms with van der Waals surface area (Å²) < 4.78 is 4.83. The van der Waals surface area contributed by atoms with E-state index in [2.05, 4.69) is 15.5 Å². The molecule has 2 N–H and O–H groups in total. The lowest BCUT2D eigenvalue weighted by Gasteiger charge is -2.28. The first-order chi connectivity index (χ1) is 9.07. The number of carbonyl (C=O) groups excluding carboxylic acids is 2. The number of amides is 1. The number of hydrogen-bond donors (Lipinski definition) is 2. The molecule has 0 aliphatic carbocycles. The molecule has 2 atom stereocenters. The Hall–Kier alpha value is -1.14. The maximum Gasteiger partial charge on any atom is 0.328 e. The molecule has 2 rings (SSSR count). The first kappa shape index (κ1) is 15.9. The Balaban J connectivity index is 0.000000861. The standard InChI is InChI=1S/C11H19N3O3.C2H6/c1-12-11(4-5-14(2)7-11)10(16)13-8-3-6-17-9(8)15;1-2/h8,12H,3-7H2,1-2H3,(H,13,16);1-2H3. The molecule has 6 nitrogen and oxygen atoms in total. The molecule has 2 heterocycles. The number of hydrogen-bond acceptors (Lipinski definition) is 5. The van der Waals surface area contributed by atoms with Crippen molar-refractivity contribution >= 4 is 11.9 Å². The Morgan fingerprint density at radius 2 is 2.16 bits per heavy atom. The van der Waals surface area contributed by atoms with Crippen LogP contribution in [0.15, 0.2) is 0 Å². The van der Waals surface area contributed by atoms with E-state index in [4.69, 9.17) is 4.74 Å². The summed E-state index contributed by atoms with van der Waals surface area (Å²) in [4.78, 5) is 25.7. The highest BCUT2D eigenvalue weighted by Crippen LogP contribution is 2.20. The van der Waals surface area contributed by atoms with Gasteiger partial charge in [0.15, 0.2) is 0 Å². The fourth-order valence-electron chi connectivity index (χ4n) is 2.43. The van der Waals surface area contributed by atoms with Crippen molar-refractivity contribution in [1.82, 2.24) is 15.5 Å². The van der Waals surface area contributed by atoms with Gasteiger partial charge in [-0.1, -0.05) is 13.8 Å². The van der Waals surface area contributed by atoms with Gasteiger partial charge in [0.2, 0.25) is 5.91 Å². The van der Waals surface area contributed by atoms with Crippen LogP contribution in [0.2, 0.25) is 0 Å². The van der Waals surface area contributed by atoms with Crippen LogP contribution in [0.3, 0.4) is 0 Å². The zero-order chi connectivity index (χ0) is 14.5. The molecule has 0 saturated carbocycles. The molecule has 0 bridgehead atoms. The molecule has 0 aromatic carbocycles. The average molecular weight is 271 g/mol. The van der Waals surface area contributed by atoms with Crippen molar-refractivity contribution in [3.63, 3.8) is 0 Å². The Morgan fingerprint density at radius 3 is 2.58 bits per heavy atom. The van der Waals surface area contributed by atoms with E-state index in [1.54, 1.807) is 7.05 Å². The molecule has 0 radical (unpaired) electrons. The van der Waals surface area contributed by atoms with Crippen LogP contribution in [0.25, 0.3) is 0 Å². The number of carbonyl (C=O) groups is 2. The van der Waals surface area contributed by atoms with E-state index in [0.717, 1.165) is 13.0 Å². The van der Waals surface area contributed by atoms with Crippen molar-refractivity contribution in [2.24, 2.45) is 0 Å². The average Bonchev–Trinajstić information content (AvgIpc) is 3.00. The summed E-state index contributed by atoms with van der Waals surface area (Å²) in [6, 6.07) is -0.473. The van der Waals surface area contributed by atoms with Gasteiger partial charge in [-0.25, -0.2) is 4.79 Å². The van der Waals surface area contributed by atoms with Gasteiger partial charge in [-0.05, 0) is 20.5 Å². The summed E-state index contributed by atoms with van der Waals surface area (Å²) in [5.74, 6) is -0.427. The van der Waals surface area contributed by atoms with Gasteiger partial charge in [0.25, 0.3) is 0 Å². The number of ether oxygens (including phenoxy) is 1. The summed E-state index contributed by atoms with van der Waals surface area (Å²) in [5, 5.41) is 5.87. The molecular formula is C13H25N3O3. The molecule has 0 spiro atoms. The highest BCUT2D eigenvalue weighted by atomic mass is 16.5. The molecule has 110 valence electrons. The van der Waals surface area contributed by atoms with E-state index >= 15 is 0 Å². The van der Waals surface area contributed by atoms with E-state index < -0.39 is 11.6 Å². The Morgan fingerprint density at radius 1 is 1.47 bits per heavy atom. The van der Waals surface area contributed by atoms with Crippen molar-refractivity contribution in [1.29, 1.82) is 0 Å². The maximum atomic E-state index is 12.2. The van der Waals surface area contributed by atoms with Gasteiger partial charge in [-0.15, -0.1) is 0 Å². The SMILES string of the molecule is CC.CNC1(C(=O)NC2CCOC2=O)CCN(C)C1. The Bertz CT molecular complexity index is 335. The van der Waals surface area contributed by atoms with Crippen molar-refractivity contribution in [2.75, 3.05) is 33.8 Å². The summed E-state index contributed by atoms with van der Waals surface area (Å²) in [5.41, 5.74) is -0.572. The second kappa shape index (κ2) is 6.86. The third kappa shape index (κ3) is 3.45. The number of cyclic esters (lactones) is 1. The zero-order valence-electron chi connectivity index (χ0n) is 12.3. The third-order valence-electron chi connectivity index (χ3n) is 3.61. The van der Waals surface area contributed by atoms with Gasteiger partial charge in [0, 0.05) is 19.5 Å². The van der Waals surface area contributed by atoms with Gasteiger partial charge in [-0.2, -0.15) is 0 Å². The van der Waals surface area contributed by atoms with Crippen LogP contribution in [-0.2, 0) is 14.3 Å².